The van der Waals surface area contributed by atoms with Crippen molar-refractivity contribution in [3.63, 3.8) is 0 Å². The largest absolute Gasteiger partial charge is 0.355 e. The number of benzene rings is 1. The highest BCUT2D eigenvalue weighted by Gasteiger charge is 2.08. The number of nitrogens with one attached hydrogen (secondary N) is 1. The molecule has 1 aromatic carbocycles. The van der Waals surface area contributed by atoms with Crippen LogP contribution in [-0.4, -0.2) is 28.2 Å². The van der Waals surface area contributed by atoms with Crippen molar-refractivity contribution in [2.75, 3.05) is 12.3 Å². The Bertz CT molecular complexity index is 533. The van der Waals surface area contributed by atoms with Gasteiger partial charge in [0.15, 0.2) is 5.16 Å². The molecule has 0 bridgehead atoms. The summed E-state index contributed by atoms with van der Waals surface area (Å²) >= 11 is 1.34. The molecule has 5 heteroatoms. The van der Waals surface area contributed by atoms with E-state index >= 15 is 0 Å². The molecule has 0 aliphatic rings. The number of hydrogen-bond acceptors (Lipinski definition) is 4. The third-order valence-corrected chi connectivity index (χ3v) is 3.72. The minimum absolute atomic E-state index is 0.00485. The maximum absolute atomic E-state index is 11.8. The molecule has 1 N–H and O–H groups in total. The summed E-state index contributed by atoms with van der Waals surface area (Å²) in [7, 11) is 0. The third-order valence-electron chi connectivity index (χ3n) is 2.85. The minimum Gasteiger partial charge on any atom is -0.355 e. The number of nitrogens with zero attached hydrogens (tertiary/aromatic N) is 2. The van der Waals surface area contributed by atoms with Crippen molar-refractivity contribution in [3.05, 3.63) is 54.4 Å². The van der Waals surface area contributed by atoms with Crippen molar-refractivity contribution >= 4 is 17.7 Å². The quantitative estimate of drug-likeness (QED) is 0.655. The summed E-state index contributed by atoms with van der Waals surface area (Å²) in [6.07, 6.45) is 3.34. The molecule has 0 aliphatic heterocycles. The molecule has 0 aliphatic carbocycles. The molecule has 2 rings (SSSR count). The molecule has 1 amide bonds. The highest BCUT2D eigenvalue weighted by atomic mass is 32.2. The number of carbonyl (C=O) groups is 1. The second kappa shape index (κ2) is 7.65. The van der Waals surface area contributed by atoms with Gasteiger partial charge in [0.2, 0.25) is 5.91 Å². The second-order valence-electron chi connectivity index (χ2n) is 4.44. The van der Waals surface area contributed by atoms with Crippen LogP contribution in [0.4, 0.5) is 0 Å². The van der Waals surface area contributed by atoms with E-state index in [0.717, 1.165) is 0 Å². The molecule has 1 atom stereocenters. The van der Waals surface area contributed by atoms with Gasteiger partial charge in [-0.15, -0.1) is 0 Å². The standard InChI is InChI=1S/C15H17N3OS/c1-12(13-6-3-2-4-7-13)10-18-14(19)11-20-15-16-8-5-9-17-15/h2-9,12H,10-11H2,1H3,(H,18,19)/t12-/m1/s1. The fourth-order valence-electron chi connectivity index (χ4n) is 1.71. The number of carbonyl (C=O) groups excluding carboxylic acids is 1. The first-order chi connectivity index (χ1) is 9.75. The average molecular weight is 287 g/mol. The zero-order valence-corrected chi connectivity index (χ0v) is 12.1. The van der Waals surface area contributed by atoms with Gasteiger partial charge in [-0.25, -0.2) is 9.97 Å². The molecule has 2 aromatic rings. The fraction of sp³-hybridized carbons (Fsp3) is 0.267. The van der Waals surface area contributed by atoms with Crippen molar-refractivity contribution in [1.82, 2.24) is 15.3 Å². The van der Waals surface area contributed by atoms with Crippen LogP contribution < -0.4 is 5.32 Å². The lowest BCUT2D eigenvalue weighted by molar-refractivity contribution is -0.118. The molecule has 0 saturated carbocycles. The first-order valence-corrected chi connectivity index (χ1v) is 7.45. The Labute approximate surface area is 123 Å². The monoisotopic (exact) mass is 287 g/mol. The number of thioether (sulfide) groups is 1. The summed E-state index contributed by atoms with van der Waals surface area (Å²) in [4.78, 5) is 19.9. The Hall–Kier alpha value is -1.88. The summed E-state index contributed by atoms with van der Waals surface area (Å²) < 4.78 is 0. The molecule has 1 heterocycles. The molecule has 4 nitrogen and oxygen atoms in total. The Balaban J connectivity index is 1.73. The molecule has 0 saturated heterocycles. The smallest absolute Gasteiger partial charge is 0.230 e. The van der Waals surface area contributed by atoms with Crippen LogP contribution in [0.5, 0.6) is 0 Å². The van der Waals surface area contributed by atoms with Gasteiger partial charge in [0.25, 0.3) is 0 Å². The molecular weight excluding hydrogens is 270 g/mol. The second-order valence-corrected chi connectivity index (χ2v) is 5.38. The number of aromatic nitrogens is 2. The zero-order chi connectivity index (χ0) is 14.2. The van der Waals surface area contributed by atoms with Crippen LogP contribution in [0.3, 0.4) is 0 Å². The van der Waals surface area contributed by atoms with Gasteiger partial charge in [0.1, 0.15) is 0 Å². The lowest BCUT2D eigenvalue weighted by Crippen LogP contribution is -2.29. The van der Waals surface area contributed by atoms with E-state index < -0.39 is 0 Å². The highest BCUT2D eigenvalue weighted by molar-refractivity contribution is 7.99. The van der Waals surface area contributed by atoms with E-state index in [1.165, 1.54) is 17.3 Å². The maximum atomic E-state index is 11.8. The van der Waals surface area contributed by atoms with Gasteiger partial charge >= 0.3 is 0 Å². The van der Waals surface area contributed by atoms with Gasteiger partial charge in [-0.05, 0) is 17.5 Å². The minimum atomic E-state index is 0.00485. The average Bonchev–Trinajstić information content (AvgIpc) is 2.52. The van der Waals surface area contributed by atoms with Crippen molar-refractivity contribution in [2.45, 2.75) is 18.0 Å². The van der Waals surface area contributed by atoms with Crippen LogP contribution in [0.1, 0.15) is 18.4 Å². The van der Waals surface area contributed by atoms with Crippen LogP contribution in [0.25, 0.3) is 0 Å². The van der Waals surface area contributed by atoms with Crippen molar-refractivity contribution < 1.29 is 4.79 Å². The SMILES string of the molecule is C[C@H](CNC(=O)CSc1ncccn1)c1ccccc1. The normalized spacial score (nSPS) is 11.8. The number of amides is 1. The number of hydrogen-bond donors (Lipinski definition) is 1. The summed E-state index contributed by atoms with van der Waals surface area (Å²) in [5, 5.41) is 3.56. The fourth-order valence-corrected chi connectivity index (χ4v) is 2.34. The van der Waals surface area contributed by atoms with Crippen molar-refractivity contribution in [3.8, 4) is 0 Å². The Kier molecular flexibility index (Phi) is 5.55. The van der Waals surface area contributed by atoms with E-state index in [9.17, 15) is 4.79 Å². The van der Waals surface area contributed by atoms with Crippen LogP contribution in [-0.2, 0) is 4.79 Å². The summed E-state index contributed by atoms with van der Waals surface area (Å²) in [5.41, 5.74) is 1.23. The molecule has 0 radical (unpaired) electrons. The van der Waals surface area contributed by atoms with Gasteiger partial charge in [-0.3, -0.25) is 4.79 Å². The van der Waals surface area contributed by atoms with Crippen LogP contribution in [0.15, 0.2) is 53.9 Å². The predicted molar refractivity (Wildman–Crippen MR) is 80.6 cm³/mol. The van der Waals surface area contributed by atoms with E-state index in [1.807, 2.05) is 18.2 Å². The Morgan fingerprint density at radius 3 is 2.60 bits per heavy atom. The first kappa shape index (κ1) is 14.5. The van der Waals surface area contributed by atoms with Gasteiger partial charge in [-0.1, -0.05) is 49.0 Å². The zero-order valence-electron chi connectivity index (χ0n) is 11.3. The molecule has 0 spiro atoms. The Morgan fingerprint density at radius 2 is 1.90 bits per heavy atom. The summed E-state index contributed by atoms with van der Waals surface area (Å²) in [5.74, 6) is 0.647. The van der Waals surface area contributed by atoms with Crippen LogP contribution in [0, 0.1) is 0 Å². The van der Waals surface area contributed by atoms with E-state index in [0.29, 0.717) is 23.4 Å². The topological polar surface area (TPSA) is 54.9 Å². The predicted octanol–water partition coefficient (Wildman–Crippen LogP) is 2.49. The van der Waals surface area contributed by atoms with E-state index in [2.05, 4.69) is 34.3 Å². The van der Waals surface area contributed by atoms with Gasteiger partial charge in [0.05, 0.1) is 5.75 Å². The van der Waals surface area contributed by atoms with Gasteiger partial charge < -0.3 is 5.32 Å². The van der Waals surface area contributed by atoms with E-state index in [1.54, 1.807) is 18.5 Å². The summed E-state index contributed by atoms with van der Waals surface area (Å²) in [6, 6.07) is 11.9. The maximum Gasteiger partial charge on any atom is 0.230 e. The van der Waals surface area contributed by atoms with E-state index in [-0.39, 0.29) is 5.91 Å². The molecule has 104 valence electrons. The molecule has 0 fully saturated rings. The first-order valence-electron chi connectivity index (χ1n) is 6.47. The van der Waals surface area contributed by atoms with Gasteiger partial charge in [-0.2, -0.15) is 0 Å². The third kappa shape index (κ3) is 4.66. The molecule has 1 aromatic heterocycles. The van der Waals surface area contributed by atoms with Gasteiger partial charge in [0, 0.05) is 18.9 Å². The van der Waals surface area contributed by atoms with E-state index in [4.69, 9.17) is 0 Å². The number of rotatable bonds is 6. The molecule has 20 heavy (non-hydrogen) atoms. The lowest BCUT2D eigenvalue weighted by Gasteiger charge is -2.12. The van der Waals surface area contributed by atoms with Crippen molar-refractivity contribution in [2.24, 2.45) is 0 Å². The lowest BCUT2D eigenvalue weighted by atomic mass is 10.0. The Morgan fingerprint density at radius 1 is 1.20 bits per heavy atom. The van der Waals surface area contributed by atoms with Crippen molar-refractivity contribution in [1.29, 1.82) is 0 Å². The van der Waals surface area contributed by atoms with Crippen LogP contribution in [0.2, 0.25) is 0 Å². The molecule has 0 unspecified atom stereocenters. The molecular formula is C15H17N3OS. The highest BCUT2D eigenvalue weighted by Crippen LogP contribution is 2.14. The summed E-state index contributed by atoms with van der Waals surface area (Å²) in [6.45, 7) is 2.74. The van der Waals surface area contributed by atoms with Crippen LogP contribution >= 0.6 is 11.8 Å².